The molecule has 7 heteroatoms. The molecule has 1 unspecified atom stereocenters. The summed E-state index contributed by atoms with van der Waals surface area (Å²) >= 11 is 4.35. The molecule has 19 heavy (non-hydrogen) atoms. The highest BCUT2D eigenvalue weighted by Gasteiger charge is 2.30. The van der Waals surface area contributed by atoms with Crippen LogP contribution in [0.4, 0.5) is 9.18 Å². The van der Waals surface area contributed by atoms with E-state index in [1.165, 1.54) is 11.0 Å². The van der Waals surface area contributed by atoms with E-state index in [1.807, 2.05) is 0 Å². The van der Waals surface area contributed by atoms with Crippen molar-refractivity contribution in [1.82, 2.24) is 10.2 Å². The van der Waals surface area contributed by atoms with Gasteiger partial charge in [-0.3, -0.25) is 9.59 Å². The predicted octanol–water partition coefficient (Wildman–Crippen LogP) is 2.37. The van der Waals surface area contributed by atoms with Gasteiger partial charge in [-0.05, 0) is 18.2 Å². The molecule has 1 aromatic rings. The molecule has 1 N–H and O–H groups in total. The van der Waals surface area contributed by atoms with Crippen molar-refractivity contribution in [3.05, 3.63) is 34.1 Å². The third-order valence-electron chi connectivity index (χ3n) is 2.76. The van der Waals surface area contributed by atoms with Crippen LogP contribution in [-0.2, 0) is 11.3 Å². The molecule has 0 saturated carbocycles. The first-order chi connectivity index (χ1) is 8.97. The van der Waals surface area contributed by atoms with E-state index in [0.29, 0.717) is 11.3 Å². The van der Waals surface area contributed by atoms with E-state index in [0.717, 1.165) is 16.2 Å². The van der Waals surface area contributed by atoms with E-state index in [-0.39, 0.29) is 23.5 Å². The van der Waals surface area contributed by atoms with Gasteiger partial charge in [-0.15, -0.1) is 0 Å². The molecule has 0 bridgehead atoms. The van der Waals surface area contributed by atoms with Gasteiger partial charge in [0, 0.05) is 29.4 Å². The number of likely N-dealkylation sites (N-methyl/N-ethyl adjacent to an activating group) is 1. The Morgan fingerprint density at radius 1 is 1.63 bits per heavy atom. The molecular weight excluding hydrogens is 335 g/mol. The molecule has 1 aliphatic rings. The summed E-state index contributed by atoms with van der Waals surface area (Å²) in [5, 5.41) is 2.38. The maximum atomic E-state index is 13.6. The molecule has 0 radical (unpaired) electrons. The average molecular weight is 347 g/mol. The molecule has 0 aromatic heterocycles. The molecule has 1 atom stereocenters. The van der Waals surface area contributed by atoms with E-state index >= 15 is 0 Å². The van der Waals surface area contributed by atoms with Crippen LogP contribution in [0.1, 0.15) is 5.56 Å². The lowest BCUT2D eigenvalue weighted by molar-refractivity contribution is -0.131. The first-order valence-electron chi connectivity index (χ1n) is 5.59. The zero-order chi connectivity index (χ0) is 14.0. The van der Waals surface area contributed by atoms with Crippen LogP contribution in [0, 0.1) is 5.82 Å². The predicted molar refractivity (Wildman–Crippen MR) is 75.4 cm³/mol. The van der Waals surface area contributed by atoms with Crippen LogP contribution in [0.25, 0.3) is 0 Å². The van der Waals surface area contributed by atoms with Gasteiger partial charge in [0.2, 0.25) is 5.91 Å². The summed E-state index contributed by atoms with van der Waals surface area (Å²) in [5.74, 6) is -0.145. The fraction of sp³-hybridized carbons (Fsp3) is 0.333. The first kappa shape index (κ1) is 14.3. The minimum Gasteiger partial charge on any atom is -0.340 e. The van der Waals surface area contributed by atoms with E-state index in [2.05, 4.69) is 21.2 Å². The quantitative estimate of drug-likeness (QED) is 0.913. The van der Waals surface area contributed by atoms with Crippen molar-refractivity contribution >= 4 is 38.8 Å². The smallest absolute Gasteiger partial charge is 0.279 e. The lowest BCUT2D eigenvalue weighted by atomic mass is 10.2. The van der Waals surface area contributed by atoms with E-state index in [4.69, 9.17) is 0 Å². The standard InChI is InChI=1S/C12H12BrFN2O2S/c1-16(11(17)10-6-19-12(18)15-10)5-7-4-8(13)2-3-9(7)14/h2-4,10H,5-6H2,1H3,(H,15,18). The van der Waals surface area contributed by atoms with Gasteiger partial charge in [0.1, 0.15) is 11.9 Å². The second-order valence-corrected chi connectivity index (χ2v) is 6.13. The van der Waals surface area contributed by atoms with Crippen LogP contribution in [0.3, 0.4) is 0 Å². The number of hydrogen-bond acceptors (Lipinski definition) is 3. The molecule has 1 saturated heterocycles. The number of carbonyl (C=O) groups excluding carboxylic acids is 2. The number of thioether (sulfide) groups is 1. The Labute approximate surface area is 122 Å². The van der Waals surface area contributed by atoms with Gasteiger partial charge < -0.3 is 10.2 Å². The zero-order valence-electron chi connectivity index (χ0n) is 10.2. The molecule has 0 spiro atoms. The Kier molecular flexibility index (Phi) is 4.46. The highest BCUT2D eigenvalue weighted by molar-refractivity contribution is 9.10. The van der Waals surface area contributed by atoms with Crippen molar-refractivity contribution in [3.8, 4) is 0 Å². The maximum Gasteiger partial charge on any atom is 0.279 e. The fourth-order valence-electron chi connectivity index (χ4n) is 1.78. The van der Waals surface area contributed by atoms with E-state index < -0.39 is 6.04 Å². The molecule has 1 fully saturated rings. The molecule has 1 heterocycles. The first-order valence-corrected chi connectivity index (χ1v) is 7.37. The molecular formula is C12H12BrFN2O2S. The number of benzene rings is 1. The van der Waals surface area contributed by atoms with Gasteiger partial charge in [-0.2, -0.15) is 0 Å². The molecule has 1 aromatic carbocycles. The van der Waals surface area contributed by atoms with Crippen LogP contribution in [-0.4, -0.2) is 34.9 Å². The second-order valence-electron chi connectivity index (χ2n) is 4.23. The Bertz CT molecular complexity index is 526. The minimum atomic E-state index is -0.516. The number of nitrogens with zero attached hydrogens (tertiary/aromatic N) is 1. The molecule has 0 aliphatic carbocycles. The van der Waals surface area contributed by atoms with Crippen molar-refractivity contribution in [2.24, 2.45) is 0 Å². The summed E-state index contributed by atoms with van der Waals surface area (Å²) in [6.45, 7) is 0.168. The SMILES string of the molecule is CN(Cc1cc(Br)ccc1F)C(=O)C1CSC(=O)N1. The van der Waals surface area contributed by atoms with Crippen LogP contribution in [0.5, 0.6) is 0 Å². The summed E-state index contributed by atoms with van der Waals surface area (Å²) in [4.78, 5) is 24.5. The van der Waals surface area contributed by atoms with E-state index in [1.54, 1.807) is 19.2 Å². The van der Waals surface area contributed by atoms with Gasteiger partial charge in [-0.1, -0.05) is 27.7 Å². The van der Waals surface area contributed by atoms with Crippen molar-refractivity contribution < 1.29 is 14.0 Å². The largest absolute Gasteiger partial charge is 0.340 e. The minimum absolute atomic E-state index is 0.168. The lowest BCUT2D eigenvalue weighted by Crippen LogP contribution is -2.43. The maximum absolute atomic E-state index is 13.6. The topological polar surface area (TPSA) is 49.4 Å². The number of amides is 2. The normalized spacial score (nSPS) is 18.3. The van der Waals surface area contributed by atoms with Crippen molar-refractivity contribution in [3.63, 3.8) is 0 Å². The monoisotopic (exact) mass is 346 g/mol. The lowest BCUT2D eigenvalue weighted by Gasteiger charge is -2.21. The van der Waals surface area contributed by atoms with Crippen LogP contribution < -0.4 is 5.32 Å². The van der Waals surface area contributed by atoms with Crippen molar-refractivity contribution in [1.29, 1.82) is 0 Å². The zero-order valence-corrected chi connectivity index (χ0v) is 12.6. The number of nitrogens with one attached hydrogen (secondary N) is 1. The molecule has 2 amide bonds. The van der Waals surface area contributed by atoms with E-state index in [9.17, 15) is 14.0 Å². The fourth-order valence-corrected chi connectivity index (χ4v) is 2.96. The van der Waals surface area contributed by atoms with Gasteiger partial charge in [0.15, 0.2) is 0 Å². The van der Waals surface area contributed by atoms with Gasteiger partial charge in [0.05, 0.1) is 0 Å². The summed E-state index contributed by atoms with van der Waals surface area (Å²) in [7, 11) is 1.60. The Hall–Kier alpha value is -1.08. The number of halogens is 2. The third kappa shape index (κ3) is 3.48. The van der Waals surface area contributed by atoms with Crippen molar-refractivity contribution in [2.75, 3.05) is 12.8 Å². The Morgan fingerprint density at radius 2 is 2.37 bits per heavy atom. The Morgan fingerprint density at radius 3 is 3.00 bits per heavy atom. The van der Waals surface area contributed by atoms with Gasteiger partial charge >= 0.3 is 0 Å². The number of hydrogen-bond donors (Lipinski definition) is 1. The van der Waals surface area contributed by atoms with Gasteiger partial charge in [0.25, 0.3) is 5.24 Å². The third-order valence-corrected chi connectivity index (χ3v) is 4.14. The van der Waals surface area contributed by atoms with Crippen LogP contribution in [0.15, 0.2) is 22.7 Å². The summed E-state index contributed by atoms with van der Waals surface area (Å²) < 4.78 is 14.4. The number of rotatable bonds is 3. The molecule has 2 rings (SSSR count). The van der Waals surface area contributed by atoms with Crippen LogP contribution in [0.2, 0.25) is 0 Å². The Balaban J connectivity index is 2.04. The summed E-state index contributed by atoms with van der Waals surface area (Å²) in [6, 6.07) is 4.08. The average Bonchev–Trinajstić information content (AvgIpc) is 2.79. The molecule has 4 nitrogen and oxygen atoms in total. The van der Waals surface area contributed by atoms with Crippen LogP contribution >= 0.6 is 27.7 Å². The molecule has 1 aliphatic heterocycles. The van der Waals surface area contributed by atoms with Gasteiger partial charge in [-0.25, -0.2) is 4.39 Å². The highest BCUT2D eigenvalue weighted by atomic mass is 79.9. The number of carbonyl (C=O) groups is 2. The second kappa shape index (κ2) is 5.92. The summed E-state index contributed by atoms with van der Waals surface area (Å²) in [6.07, 6.45) is 0. The molecule has 102 valence electrons. The summed E-state index contributed by atoms with van der Waals surface area (Å²) in [5.41, 5.74) is 0.433. The highest BCUT2D eigenvalue weighted by Crippen LogP contribution is 2.19. The van der Waals surface area contributed by atoms with Crippen molar-refractivity contribution in [2.45, 2.75) is 12.6 Å².